The Morgan fingerprint density at radius 1 is 1.04 bits per heavy atom. The van der Waals surface area contributed by atoms with E-state index in [1.807, 2.05) is 14.1 Å². The number of anilines is 1. The molecule has 0 spiro atoms. The Kier molecular flexibility index (Phi) is 4.10. The molecule has 24 heavy (non-hydrogen) atoms. The number of hydrogen-bond donors (Lipinski definition) is 0. The van der Waals surface area contributed by atoms with Crippen LogP contribution >= 0.6 is 0 Å². The second-order valence-corrected chi connectivity index (χ2v) is 6.98. The highest BCUT2D eigenvalue weighted by Crippen LogP contribution is 2.30. The quantitative estimate of drug-likeness (QED) is 0.865. The Morgan fingerprint density at radius 2 is 1.79 bits per heavy atom. The second kappa shape index (κ2) is 6.40. The molecule has 4 heterocycles. The molecule has 5 rings (SSSR count). The summed E-state index contributed by atoms with van der Waals surface area (Å²) in [5, 5.41) is 0. The Morgan fingerprint density at radius 3 is 2.33 bits per heavy atom. The van der Waals surface area contributed by atoms with Crippen LogP contribution in [0.5, 0.6) is 5.88 Å². The number of piperidine rings is 3. The Bertz CT molecular complexity index is 676. The minimum Gasteiger partial charge on any atom is -0.472 e. The summed E-state index contributed by atoms with van der Waals surface area (Å²) in [7, 11) is 4.07. The van der Waals surface area contributed by atoms with E-state index in [4.69, 9.17) is 4.74 Å². The average molecular weight is 324 g/mol. The van der Waals surface area contributed by atoms with Crippen molar-refractivity contribution in [1.82, 2.24) is 14.9 Å². The molecule has 2 bridgehead atoms. The van der Waals surface area contributed by atoms with Crippen LogP contribution in [-0.4, -0.2) is 54.7 Å². The van der Waals surface area contributed by atoms with Crippen LogP contribution in [0.3, 0.4) is 0 Å². The van der Waals surface area contributed by atoms with Crippen molar-refractivity contribution in [3.8, 4) is 17.1 Å². The molecule has 0 radical (unpaired) electrons. The van der Waals surface area contributed by atoms with Crippen molar-refractivity contribution >= 4 is 5.69 Å². The van der Waals surface area contributed by atoms with Crippen LogP contribution in [0.15, 0.2) is 36.7 Å². The fraction of sp³-hybridized carbons (Fsp3) is 0.474. The summed E-state index contributed by atoms with van der Waals surface area (Å²) in [6.45, 7) is 3.47. The maximum Gasteiger partial charge on any atom is 0.232 e. The fourth-order valence-corrected chi connectivity index (χ4v) is 3.66. The largest absolute Gasteiger partial charge is 0.472 e. The maximum atomic E-state index is 6.11. The zero-order valence-corrected chi connectivity index (χ0v) is 14.4. The van der Waals surface area contributed by atoms with Crippen molar-refractivity contribution in [3.05, 3.63) is 36.7 Å². The zero-order valence-electron chi connectivity index (χ0n) is 14.4. The molecule has 0 aliphatic carbocycles. The van der Waals surface area contributed by atoms with E-state index in [1.165, 1.54) is 31.6 Å². The first-order chi connectivity index (χ1) is 11.7. The molecule has 0 amide bonds. The molecular formula is C19H24N4O. The van der Waals surface area contributed by atoms with Crippen LogP contribution < -0.4 is 9.64 Å². The molecule has 1 aromatic carbocycles. The predicted octanol–water partition coefficient (Wildman–Crippen LogP) is 2.68. The molecule has 3 aliphatic heterocycles. The Balaban J connectivity index is 1.44. The molecule has 3 saturated heterocycles. The number of hydrogen-bond acceptors (Lipinski definition) is 5. The van der Waals surface area contributed by atoms with Gasteiger partial charge < -0.3 is 9.64 Å². The van der Waals surface area contributed by atoms with E-state index in [2.05, 4.69) is 44.0 Å². The summed E-state index contributed by atoms with van der Waals surface area (Å²) >= 11 is 0. The summed E-state index contributed by atoms with van der Waals surface area (Å²) < 4.78 is 6.11. The van der Waals surface area contributed by atoms with Gasteiger partial charge in [-0.15, -0.1) is 0 Å². The van der Waals surface area contributed by atoms with Gasteiger partial charge >= 0.3 is 0 Å². The smallest absolute Gasteiger partial charge is 0.232 e. The molecule has 1 aromatic heterocycles. The SMILES string of the molecule is CN(C)c1ccc(-c2cnc(OC3CN4CCC3CC4)cn2)cc1. The Hall–Kier alpha value is -2.14. The van der Waals surface area contributed by atoms with Gasteiger partial charge in [-0.25, -0.2) is 9.97 Å². The van der Waals surface area contributed by atoms with E-state index in [0.29, 0.717) is 11.8 Å². The molecule has 0 N–H and O–H groups in total. The third-order valence-corrected chi connectivity index (χ3v) is 5.18. The van der Waals surface area contributed by atoms with Crippen LogP contribution in [0, 0.1) is 5.92 Å². The second-order valence-electron chi connectivity index (χ2n) is 6.98. The van der Waals surface area contributed by atoms with Gasteiger partial charge in [-0.2, -0.15) is 0 Å². The molecule has 3 aliphatic rings. The summed E-state index contributed by atoms with van der Waals surface area (Å²) in [4.78, 5) is 13.6. The normalized spacial score (nSPS) is 25.5. The molecular weight excluding hydrogens is 300 g/mol. The lowest BCUT2D eigenvalue weighted by atomic mass is 9.86. The van der Waals surface area contributed by atoms with Crippen LogP contribution in [-0.2, 0) is 0 Å². The highest BCUT2D eigenvalue weighted by atomic mass is 16.5. The van der Waals surface area contributed by atoms with E-state index >= 15 is 0 Å². The van der Waals surface area contributed by atoms with Gasteiger partial charge in [-0.3, -0.25) is 4.90 Å². The van der Waals surface area contributed by atoms with Gasteiger partial charge in [0.05, 0.1) is 18.1 Å². The van der Waals surface area contributed by atoms with Crippen molar-refractivity contribution in [2.45, 2.75) is 18.9 Å². The number of ether oxygens (including phenoxy) is 1. The van der Waals surface area contributed by atoms with Gasteiger partial charge in [0.15, 0.2) is 0 Å². The van der Waals surface area contributed by atoms with Gasteiger partial charge in [-0.05, 0) is 44.0 Å². The number of benzene rings is 1. The van der Waals surface area contributed by atoms with Gasteiger partial charge in [0.1, 0.15) is 6.10 Å². The third kappa shape index (κ3) is 3.08. The standard InChI is InChI=1S/C19H24N4O/c1-22(2)16-5-3-14(4-6-16)17-11-21-19(12-20-17)24-18-13-23-9-7-15(18)8-10-23/h3-6,11-12,15,18H,7-10,13H2,1-2H3. The van der Waals surface area contributed by atoms with Gasteiger partial charge in [0.2, 0.25) is 5.88 Å². The molecule has 1 atom stereocenters. The summed E-state index contributed by atoms with van der Waals surface area (Å²) in [5.74, 6) is 1.32. The highest BCUT2D eigenvalue weighted by molar-refractivity contribution is 5.62. The van der Waals surface area contributed by atoms with Crippen LogP contribution in [0.1, 0.15) is 12.8 Å². The predicted molar refractivity (Wildman–Crippen MR) is 95.4 cm³/mol. The minimum atomic E-state index is 0.270. The average Bonchev–Trinajstić information content (AvgIpc) is 2.63. The first kappa shape index (κ1) is 15.4. The molecule has 1 unspecified atom stereocenters. The van der Waals surface area contributed by atoms with Gasteiger partial charge in [0, 0.05) is 31.9 Å². The topological polar surface area (TPSA) is 41.5 Å². The van der Waals surface area contributed by atoms with Crippen LogP contribution in [0.4, 0.5) is 5.69 Å². The summed E-state index contributed by atoms with van der Waals surface area (Å²) in [5.41, 5.74) is 3.12. The molecule has 5 heteroatoms. The summed E-state index contributed by atoms with van der Waals surface area (Å²) in [6.07, 6.45) is 6.32. The third-order valence-electron chi connectivity index (χ3n) is 5.18. The molecule has 3 fully saturated rings. The van der Waals surface area contributed by atoms with Gasteiger partial charge in [0.25, 0.3) is 0 Å². The van der Waals surface area contributed by atoms with Crippen molar-refractivity contribution < 1.29 is 4.74 Å². The van der Waals surface area contributed by atoms with E-state index in [9.17, 15) is 0 Å². The first-order valence-corrected chi connectivity index (χ1v) is 8.68. The summed E-state index contributed by atoms with van der Waals surface area (Å²) in [6, 6.07) is 8.34. The first-order valence-electron chi connectivity index (χ1n) is 8.68. The van der Waals surface area contributed by atoms with Crippen LogP contribution in [0.2, 0.25) is 0 Å². The maximum absolute atomic E-state index is 6.11. The van der Waals surface area contributed by atoms with E-state index in [1.54, 1.807) is 12.4 Å². The lowest BCUT2D eigenvalue weighted by Gasteiger charge is -2.44. The molecule has 5 nitrogen and oxygen atoms in total. The minimum absolute atomic E-state index is 0.270. The number of nitrogens with zero attached hydrogens (tertiary/aromatic N) is 4. The number of fused-ring (bicyclic) bond motifs is 3. The van der Waals surface area contributed by atoms with Crippen molar-refractivity contribution in [3.63, 3.8) is 0 Å². The van der Waals surface area contributed by atoms with E-state index in [-0.39, 0.29) is 6.10 Å². The van der Waals surface area contributed by atoms with E-state index in [0.717, 1.165) is 17.8 Å². The number of rotatable bonds is 4. The molecule has 2 aromatic rings. The van der Waals surface area contributed by atoms with Crippen molar-refractivity contribution in [2.24, 2.45) is 5.92 Å². The monoisotopic (exact) mass is 324 g/mol. The highest BCUT2D eigenvalue weighted by Gasteiger charge is 2.35. The van der Waals surface area contributed by atoms with Crippen molar-refractivity contribution in [2.75, 3.05) is 38.6 Å². The zero-order chi connectivity index (χ0) is 16.5. The van der Waals surface area contributed by atoms with Crippen LogP contribution in [0.25, 0.3) is 11.3 Å². The fourth-order valence-electron chi connectivity index (χ4n) is 3.66. The lowest BCUT2D eigenvalue weighted by molar-refractivity contribution is -0.0101. The number of aromatic nitrogens is 2. The van der Waals surface area contributed by atoms with Gasteiger partial charge in [-0.1, -0.05) is 12.1 Å². The lowest BCUT2D eigenvalue weighted by Crippen LogP contribution is -2.52. The van der Waals surface area contributed by atoms with Crippen molar-refractivity contribution in [1.29, 1.82) is 0 Å². The van der Waals surface area contributed by atoms with E-state index < -0.39 is 0 Å². The molecule has 0 saturated carbocycles. The molecule has 126 valence electrons. The Labute approximate surface area is 143 Å².